The summed E-state index contributed by atoms with van der Waals surface area (Å²) < 4.78 is 4.55. The fourth-order valence-corrected chi connectivity index (χ4v) is 1.57. The number of aromatic nitrogens is 2. The van der Waals surface area contributed by atoms with E-state index in [2.05, 4.69) is 29.5 Å². The van der Waals surface area contributed by atoms with Gasteiger partial charge in [-0.15, -0.1) is 4.33 Å². The molecule has 0 spiro atoms. The standard InChI is InChI=1S/C7H6N6O2S/c8-7-10-5-2-1-4(3-6(5)11-7)16-15-14-13-12-9/h1-3H,(H3,8,10,11). The lowest BCUT2D eigenvalue weighted by molar-refractivity contribution is -0.193. The first-order valence-corrected chi connectivity index (χ1v) is 4.84. The Kier molecular flexibility index (Phi) is 3.01. The number of fused-ring (bicyclic) bond motifs is 1. The highest BCUT2D eigenvalue weighted by atomic mass is 32.2. The smallest absolute Gasteiger partial charge is 0.198 e. The van der Waals surface area contributed by atoms with Crippen LogP contribution in [0.15, 0.2) is 28.4 Å². The summed E-state index contributed by atoms with van der Waals surface area (Å²) in [7, 11) is 0. The molecule has 3 N–H and O–H groups in total. The van der Waals surface area contributed by atoms with E-state index in [4.69, 9.17) is 11.3 Å². The van der Waals surface area contributed by atoms with Crippen molar-refractivity contribution in [2.24, 2.45) is 5.28 Å². The molecule has 16 heavy (non-hydrogen) atoms. The Hall–Kier alpha value is -2.09. The van der Waals surface area contributed by atoms with Crippen LogP contribution in [-0.4, -0.2) is 9.97 Å². The highest BCUT2D eigenvalue weighted by Crippen LogP contribution is 2.23. The van der Waals surface area contributed by atoms with Crippen molar-refractivity contribution in [2.75, 3.05) is 5.73 Å². The number of anilines is 1. The van der Waals surface area contributed by atoms with Crippen LogP contribution in [0.25, 0.3) is 21.5 Å². The van der Waals surface area contributed by atoms with E-state index in [0.717, 1.165) is 28.0 Å². The van der Waals surface area contributed by atoms with Gasteiger partial charge < -0.3 is 10.7 Å². The van der Waals surface area contributed by atoms with Gasteiger partial charge in [-0.1, -0.05) is 0 Å². The molecule has 2 aromatic rings. The zero-order valence-corrected chi connectivity index (χ0v) is 8.64. The molecule has 0 aliphatic heterocycles. The molecule has 0 amide bonds. The molecule has 1 heterocycles. The van der Waals surface area contributed by atoms with E-state index in [0.29, 0.717) is 5.95 Å². The molecule has 8 nitrogen and oxygen atoms in total. The minimum absolute atomic E-state index is 0.350. The third kappa shape index (κ3) is 2.28. The van der Waals surface area contributed by atoms with Crippen LogP contribution < -0.4 is 5.73 Å². The lowest BCUT2D eigenvalue weighted by Crippen LogP contribution is -1.84. The van der Waals surface area contributed by atoms with Gasteiger partial charge in [0.05, 0.1) is 23.1 Å². The normalized spacial score (nSPS) is 10.0. The summed E-state index contributed by atoms with van der Waals surface area (Å²) in [5, 5.41) is 2.75. The molecule has 0 saturated carbocycles. The van der Waals surface area contributed by atoms with Crippen LogP contribution in [-0.2, 0) is 9.32 Å². The zero-order chi connectivity index (χ0) is 11.4. The van der Waals surface area contributed by atoms with Crippen molar-refractivity contribution >= 4 is 29.0 Å². The van der Waals surface area contributed by atoms with Crippen LogP contribution in [0.5, 0.6) is 0 Å². The maximum atomic E-state index is 7.92. The second-order valence-corrected chi connectivity index (χ2v) is 3.47. The van der Waals surface area contributed by atoms with Gasteiger partial charge in [0.1, 0.15) is 5.28 Å². The fraction of sp³-hybridized carbons (Fsp3) is 0. The summed E-state index contributed by atoms with van der Waals surface area (Å²) in [6, 6.07) is 5.33. The number of H-pyrrole nitrogens is 1. The average molecular weight is 238 g/mol. The number of azide groups is 1. The zero-order valence-electron chi connectivity index (χ0n) is 7.82. The maximum absolute atomic E-state index is 7.92. The number of nitrogens with two attached hydrogens (primary N) is 1. The highest BCUT2D eigenvalue weighted by Gasteiger charge is 2.02. The highest BCUT2D eigenvalue weighted by molar-refractivity contribution is 7.94. The summed E-state index contributed by atoms with van der Waals surface area (Å²) >= 11 is 0.909. The molecule has 9 heteroatoms. The minimum atomic E-state index is 0.350. The molecule has 0 aliphatic rings. The predicted octanol–water partition coefficient (Wildman–Crippen LogP) is 2.33. The van der Waals surface area contributed by atoms with Crippen molar-refractivity contribution in [3.63, 3.8) is 0 Å². The number of hydrogen-bond acceptors (Lipinski definition) is 6. The fourth-order valence-electron chi connectivity index (χ4n) is 1.14. The number of rotatable bonds is 4. The summed E-state index contributed by atoms with van der Waals surface area (Å²) in [4.78, 5) is 14.1. The SMILES string of the molecule is [N-]=[N+]=NOOSc1ccc2nc(N)[nH]c2c1. The van der Waals surface area contributed by atoms with E-state index in [1.54, 1.807) is 18.2 Å². The number of aromatic amines is 1. The Balaban J connectivity index is 2.09. The Labute approximate surface area is 93.5 Å². The van der Waals surface area contributed by atoms with E-state index >= 15 is 0 Å². The Morgan fingerprint density at radius 3 is 3.25 bits per heavy atom. The van der Waals surface area contributed by atoms with E-state index < -0.39 is 0 Å². The van der Waals surface area contributed by atoms with Gasteiger partial charge in [0.15, 0.2) is 5.95 Å². The van der Waals surface area contributed by atoms with Crippen molar-refractivity contribution < 1.29 is 9.32 Å². The summed E-state index contributed by atoms with van der Waals surface area (Å²) in [5.74, 6) is 0.350. The first-order valence-electron chi connectivity index (χ1n) is 4.09. The van der Waals surface area contributed by atoms with Crippen LogP contribution in [0.2, 0.25) is 0 Å². The summed E-state index contributed by atoms with van der Waals surface area (Å²) in [6.45, 7) is 0. The Bertz CT molecular complexity index is 549. The first kappa shape index (κ1) is 10.4. The van der Waals surface area contributed by atoms with E-state index in [-0.39, 0.29) is 0 Å². The van der Waals surface area contributed by atoms with Crippen molar-refractivity contribution in [1.82, 2.24) is 9.97 Å². The number of nitrogens with zero attached hydrogens (tertiary/aromatic N) is 4. The van der Waals surface area contributed by atoms with Gasteiger partial charge in [0.25, 0.3) is 0 Å². The number of hydrogen-bond donors (Lipinski definition) is 2. The van der Waals surface area contributed by atoms with Crippen LogP contribution in [0, 0.1) is 0 Å². The van der Waals surface area contributed by atoms with Crippen LogP contribution in [0.4, 0.5) is 5.95 Å². The second-order valence-electron chi connectivity index (χ2n) is 2.70. The third-order valence-electron chi connectivity index (χ3n) is 1.70. The molecule has 0 aliphatic carbocycles. The molecular formula is C7H6N6O2S. The van der Waals surface area contributed by atoms with Crippen molar-refractivity contribution in [2.45, 2.75) is 4.90 Å². The quantitative estimate of drug-likeness (QED) is 0.161. The summed E-state index contributed by atoms with van der Waals surface area (Å²) in [5.41, 5.74) is 15.0. The molecule has 0 unspecified atom stereocenters. The maximum Gasteiger partial charge on any atom is 0.198 e. The van der Waals surface area contributed by atoms with Crippen LogP contribution in [0.3, 0.4) is 0 Å². The molecule has 1 aromatic carbocycles. The third-order valence-corrected chi connectivity index (χ3v) is 2.28. The molecular weight excluding hydrogens is 232 g/mol. The van der Waals surface area contributed by atoms with Gasteiger partial charge in [-0.2, -0.15) is 0 Å². The lowest BCUT2D eigenvalue weighted by Gasteiger charge is -1.97. The molecule has 0 bridgehead atoms. The van der Waals surface area contributed by atoms with Gasteiger partial charge >= 0.3 is 0 Å². The Morgan fingerprint density at radius 2 is 2.44 bits per heavy atom. The van der Waals surface area contributed by atoms with Crippen LogP contribution in [0.1, 0.15) is 0 Å². The van der Waals surface area contributed by atoms with E-state index in [1.165, 1.54) is 0 Å². The number of benzene rings is 1. The first-order chi connectivity index (χ1) is 7.79. The van der Waals surface area contributed by atoms with E-state index in [1.807, 2.05) is 0 Å². The monoisotopic (exact) mass is 238 g/mol. The van der Waals surface area contributed by atoms with Gasteiger partial charge in [-0.25, -0.2) is 9.97 Å². The minimum Gasteiger partial charge on any atom is -0.369 e. The molecule has 0 atom stereocenters. The molecule has 0 saturated heterocycles. The van der Waals surface area contributed by atoms with Crippen LogP contribution >= 0.6 is 12.0 Å². The average Bonchev–Trinajstić information content (AvgIpc) is 2.64. The van der Waals surface area contributed by atoms with Gasteiger partial charge in [-0.3, -0.25) is 0 Å². The van der Waals surface area contributed by atoms with Crippen molar-refractivity contribution in [3.05, 3.63) is 28.6 Å². The van der Waals surface area contributed by atoms with Gasteiger partial charge in [-0.05, 0) is 23.7 Å². The van der Waals surface area contributed by atoms with E-state index in [9.17, 15) is 0 Å². The van der Waals surface area contributed by atoms with Crippen molar-refractivity contribution in [1.29, 1.82) is 0 Å². The predicted molar refractivity (Wildman–Crippen MR) is 57.7 cm³/mol. The number of nitrogen functional groups attached to an aromatic ring is 1. The second kappa shape index (κ2) is 4.62. The molecule has 82 valence electrons. The lowest BCUT2D eigenvalue weighted by atomic mass is 10.3. The molecule has 0 fully saturated rings. The van der Waals surface area contributed by atoms with Crippen molar-refractivity contribution in [3.8, 4) is 0 Å². The molecule has 1 aromatic heterocycles. The van der Waals surface area contributed by atoms with Gasteiger partial charge in [0.2, 0.25) is 0 Å². The topological polar surface area (TPSA) is 122 Å². The number of nitrogens with one attached hydrogen (secondary N) is 1. The summed E-state index contributed by atoms with van der Waals surface area (Å²) in [6.07, 6.45) is 0. The van der Waals surface area contributed by atoms with Gasteiger partial charge in [0, 0.05) is 9.81 Å². The number of imidazole rings is 1. The Morgan fingerprint density at radius 1 is 1.56 bits per heavy atom. The molecule has 2 rings (SSSR count). The molecule has 0 radical (unpaired) electrons. The largest absolute Gasteiger partial charge is 0.369 e.